The van der Waals surface area contributed by atoms with Crippen molar-refractivity contribution in [2.75, 3.05) is 31.6 Å². The number of aliphatic imine (C=N–C) groups is 2. The number of nitrogens with zero attached hydrogens (tertiary/aromatic N) is 2. The number of phenols is 1. The molecule has 1 rings (SSSR count). The van der Waals surface area contributed by atoms with Crippen LogP contribution in [0.1, 0.15) is 64.4 Å². The summed E-state index contributed by atoms with van der Waals surface area (Å²) < 4.78 is 0. The molecule has 0 bridgehead atoms. The van der Waals surface area contributed by atoms with Gasteiger partial charge in [-0.15, -0.1) is 0 Å². The molecule has 0 aromatic heterocycles. The Morgan fingerprint density at radius 1 is 0.698 bits per heavy atom. The van der Waals surface area contributed by atoms with Crippen molar-refractivity contribution in [3.8, 4) is 5.75 Å². The van der Waals surface area contributed by atoms with Crippen LogP contribution in [0.4, 0.5) is 0 Å². The first-order valence-corrected chi connectivity index (χ1v) is 21.4. The van der Waals surface area contributed by atoms with Gasteiger partial charge in [0.15, 0.2) is 11.9 Å². The molecule has 0 saturated heterocycles. The van der Waals surface area contributed by atoms with Crippen molar-refractivity contribution in [3.05, 3.63) is 29.8 Å². The van der Waals surface area contributed by atoms with Crippen LogP contribution in [-0.2, 0) is 44.8 Å². The van der Waals surface area contributed by atoms with Crippen LogP contribution in [0.5, 0.6) is 5.75 Å². The molecule has 0 heterocycles. The van der Waals surface area contributed by atoms with Crippen molar-refractivity contribution in [1.82, 2.24) is 31.9 Å². The van der Waals surface area contributed by atoms with Gasteiger partial charge < -0.3 is 75.9 Å². The van der Waals surface area contributed by atoms with E-state index in [1.54, 1.807) is 32.2 Å². The molecule has 7 atom stereocenters. The summed E-state index contributed by atoms with van der Waals surface area (Å²) in [7, 11) is 0. The fourth-order valence-corrected chi connectivity index (χ4v) is 6.18. The predicted octanol–water partition coefficient (Wildman–Crippen LogP) is -3.73. The molecule has 7 unspecified atom stereocenters. The molecule has 0 aliphatic rings. The molecule has 1 aromatic carbocycles. The smallest absolute Gasteiger partial charge is 0.326 e. The van der Waals surface area contributed by atoms with Crippen molar-refractivity contribution in [2.24, 2.45) is 44.6 Å². The summed E-state index contributed by atoms with van der Waals surface area (Å²) in [5.41, 5.74) is 28.2. The van der Waals surface area contributed by atoms with Gasteiger partial charge in [0, 0.05) is 13.1 Å². The van der Waals surface area contributed by atoms with E-state index < -0.39 is 103 Å². The molecule has 0 spiro atoms. The maximum atomic E-state index is 13.8. The SMILES string of the molecule is CCC(C)C(NC(=O)C(CCCN=C(N)N)NC(=O)C(CC(=O)O)NC(=O)C(CCSC)NC(=O)C(CCCN=C(N)N)NC(=O)CNC(=O)C(N)Cc1ccc(O)cc1)C(=O)O. The van der Waals surface area contributed by atoms with Crippen LogP contribution in [0.25, 0.3) is 0 Å². The number of hydrogen-bond acceptors (Lipinski definition) is 13. The first-order valence-electron chi connectivity index (χ1n) is 20.0. The second-order valence-electron chi connectivity index (χ2n) is 14.5. The van der Waals surface area contributed by atoms with Crippen LogP contribution < -0.4 is 60.6 Å². The standard InChI is InChI=1S/C38H63N13O11S/c1-4-20(2)30(36(61)62)51-34(59)25(8-6-15-45-38(42)43)48-35(60)27(18-29(54)55)50-33(58)26(13-16-63-3)49-32(57)24(7-5-14-44-37(40)41)47-28(53)19-46-31(56)23(39)17-21-9-11-22(52)12-10-21/h9-12,20,23-27,30,52H,4-8,13-19,39H2,1-3H3,(H,46,56)(H,47,53)(H,48,60)(H,49,57)(H,50,58)(H,51,59)(H,54,55)(H,61,62)(H4,40,41,44)(H4,42,43,45). The Morgan fingerprint density at radius 3 is 1.65 bits per heavy atom. The van der Waals surface area contributed by atoms with Gasteiger partial charge >= 0.3 is 11.9 Å². The highest BCUT2D eigenvalue weighted by Crippen LogP contribution is 2.12. The number of thioether (sulfide) groups is 1. The maximum absolute atomic E-state index is 13.8. The molecule has 19 N–H and O–H groups in total. The lowest BCUT2D eigenvalue weighted by Crippen LogP contribution is -2.59. The number of carbonyl (C=O) groups is 8. The molecule has 63 heavy (non-hydrogen) atoms. The van der Waals surface area contributed by atoms with Crippen LogP contribution >= 0.6 is 11.8 Å². The van der Waals surface area contributed by atoms with E-state index >= 15 is 0 Å². The number of phenolic OH excluding ortho intramolecular Hbond substituents is 1. The number of guanidine groups is 2. The number of amides is 6. The zero-order valence-electron chi connectivity index (χ0n) is 35.6. The normalized spacial score (nSPS) is 14.1. The fourth-order valence-electron chi connectivity index (χ4n) is 5.71. The van der Waals surface area contributed by atoms with Gasteiger partial charge in [0.2, 0.25) is 35.4 Å². The third-order valence-corrected chi connectivity index (χ3v) is 10.0. The Kier molecular flexibility index (Phi) is 25.2. The van der Waals surface area contributed by atoms with Crippen LogP contribution in [0, 0.1) is 5.92 Å². The summed E-state index contributed by atoms with van der Waals surface area (Å²) >= 11 is 1.31. The van der Waals surface area contributed by atoms with E-state index in [1.165, 1.54) is 23.9 Å². The summed E-state index contributed by atoms with van der Waals surface area (Å²) in [6.07, 6.45) is 1.37. The number of carboxylic acid groups (broad SMARTS) is 2. The summed E-state index contributed by atoms with van der Waals surface area (Å²) in [6.45, 7) is 2.85. The molecule has 1 aromatic rings. The van der Waals surface area contributed by atoms with E-state index in [2.05, 4.69) is 41.9 Å². The van der Waals surface area contributed by atoms with E-state index in [9.17, 15) is 53.7 Å². The number of aromatic hydroxyl groups is 1. The lowest BCUT2D eigenvalue weighted by molar-refractivity contribution is -0.144. The quantitative estimate of drug-likeness (QED) is 0.0200. The third kappa shape index (κ3) is 22.3. The summed E-state index contributed by atoms with van der Waals surface area (Å²) in [6, 6.07) is -2.24. The van der Waals surface area contributed by atoms with E-state index in [-0.39, 0.29) is 69.3 Å². The second-order valence-corrected chi connectivity index (χ2v) is 15.5. The number of nitrogens with one attached hydrogen (secondary N) is 6. The number of hydrogen-bond donors (Lipinski definition) is 14. The number of nitrogens with two attached hydrogens (primary N) is 5. The Hall–Kier alpha value is -6.37. The Morgan fingerprint density at radius 2 is 1.17 bits per heavy atom. The van der Waals surface area contributed by atoms with Crippen LogP contribution in [0.2, 0.25) is 0 Å². The lowest BCUT2D eigenvalue weighted by atomic mass is 9.98. The number of carbonyl (C=O) groups excluding carboxylic acids is 6. The van der Waals surface area contributed by atoms with E-state index in [1.807, 2.05) is 0 Å². The average Bonchev–Trinajstić information content (AvgIpc) is 3.22. The van der Waals surface area contributed by atoms with Gasteiger partial charge in [-0.2, -0.15) is 11.8 Å². The van der Waals surface area contributed by atoms with Gasteiger partial charge in [-0.05, 0) is 74.1 Å². The second kappa shape index (κ2) is 29.0. The van der Waals surface area contributed by atoms with Crippen molar-refractivity contribution >= 4 is 71.1 Å². The summed E-state index contributed by atoms with van der Waals surface area (Å²) in [5.74, 6) is -8.73. The van der Waals surface area contributed by atoms with E-state index in [0.717, 1.165) is 0 Å². The molecule has 0 fully saturated rings. The van der Waals surface area contributed by atoms with Gasteiger partial charge in [-0.25, -0.2) is 4.79 Å². The molecule has 6 amide bonds. The average molecular weight is 910 g/mol. The predicted molar refractivity (Wildman–Crippen MR) is 235 cm³/mol. The Labute approximate surface area is 369 Å². The molecule has 352 valence electrons. The van der Waals surface area contributed by atoms with Crippen LogP contribution in [-0.4, -0.2) is 143 Å². The molecule has 24 nitrogen and oxygen atoms in total. The van der Waals surface area contributed by atoms with Gasteiger partial charge in [-0.3, -0.25) is 43.5 Å². The van der Waals surface area contributed by atoms with E-state index in [4.69, 9.17) is 28.7 Å². The van der Waals surface area contributed by atoms with Gasteiger partial charge in [0.05, 0.1) is 19.0 Å². The van der Waals surface area contributed by atoms with Crippen LogP contribution in [0.3, 0.4) is 0 Å². The minimum atomic E-state index is -1.79. The zero-order chi connectivity index (χ0) is 47.6. The van der Waals surface area contributed by atoms with Gasteiger partial charge in [-0.1, -0.05) is 32.4 Å². The number of aliphatic carboxylic acids is 2. The zero-order valence-corrected chi connectivity index (χ0v) is 36.4. The first-order chi connectivity index (χ1) is 29.7. The van der Waals surface area contributed by atoms with Crippen LogP contribution in [0.15, 0.2) is 34.3 Å². The molecule has 0 aliphatic heterocycles. The van der Waals surface area contributed by atoms with E-state index in [0.29, 0.717) is 17.7 Å². The number of carboxylic acids is 2. The topological polar surface area (TPSA) is 424 Å². The molecule has 0 aliphatic carbocycles. The highest BCUT2D eigenvalue weighted by Gasteiger charge is 2.34. The highest BCUT2D eigenvalue weighted by molar-refractivity contribution is 7.98. The molecular formula is C38H63N13O11S. The third-order valence-electron chi connectivity index (χ3n) is 9.36. The minimum absolute atomic E-state index is 0.0220. The maximum Gasteiger partial charge on any atom is 0.326 e. The lowest BCUT2D eigenvalue weighted by Gasteiger charge is -2.27. The molecular weight excluding hydrogens is 847 g/mol. The number of rotatable bonds is 30. The Bertz CT molecular complexity index is 1760. The summed E-state index contributed by atoms with van der Waals surface area (Å²) in [5, 5.41) is 43.5. The highest BCUT2D eigenvalue weighted by atomic mass is 32.2. The summed E-state index contributed by atoms with van der Waals surface area (Å²) in [4.78, 5) is 112. The molecule has 25 heteroatoms. The van der Waals surface area contributed by atoms with Crippen molar-refractivity contribution in [1.29, 1.82) is 0 Å². The van der Waals surface area contributed by atoms with Crippen molar-refractivity contribution in [3.63, 3.8) is 0 Å². The van der Waals surface area contributed by atoms with Gasteiger partial charge in [0.1, 0.15) is 36.0 Å². The molecule has 0 radical (unpaired) electrons. The minimum Gasteiger partial charge on any atom is -0.508 e. The Balaban J connectivity index is 3.27. The number of benzene rings is 1. The largest absolute Gasteiger partial charge is 0.508 e. The monoisotopic (exact) mass is 909 g/mol. The van der Waals surface area contributed by atoms with Gasteiger partial charge in [0.25, 0.3) is 0 Å². The van der Waals surface area contributed by atoms with Crippen molar-refractivity contribution in [2.45, 2.75) is 101 Å². The first kappa shape index (κ1) is 54.6. The molecule has 0 saturated carbocycles. The van der Waals surface area contributed by atoms with Crippen molar-refractivity contribution < 1.29 is 53.7 Å². The fraction of sp³-hybridized carbons (Fsp3) is 0.579.